The van der Waals surface area contributed by atoms with Crippen molar-refractivity contribution in [3.63, 3.8) is 0 Å². The van der Waals surface area contributed by atoms with E-state index in [4.69, 9.17) is 0 Å². The molecule has 0 aliphatic heterocycles. The first kappa shape index (κ1) is 12.1. The molecule has 0 saturated heterocycles. The monoisotopic (exact) mass is 251 g/mol. The van der Waals surface area contributed by atoms with E-state index in [1.165, 1.54) is 25.3 Å². The lowest BCUT2D eigenvalue weighted by Crippen LogP contribution is -2.57. The average molecular weight is 251 g/mol. The fourth-order valence-electron chi connectivity index (χ4n) is 4.08. The Bertz CT molecular complexity index is 458. The molecule has 0 radical (unpaired) electrons. The summed E-state index contributed by atoms with van der Waals surface area (Å²) < 4.78 is 27.0. The van der Waals surface area contributed by atoms with Gasteiger partial charge in [0.25, 0.3) is 0 Å². The van der Waals surface area contributed by atoms with Crippen LogP contribution in [-0.2, 0) is 5.41 Å². The van der Waals surface area contributed by atoms with Crippen LogP contribution in [0.5, 0.6) is 0 Å². The van der Waals surface area contributed by atoms with E-state index >= 15 is 0 Å². The van der Waals surface area contributed by atoms with Crippen LogP contribution in [0.1, 0.15) is 37.7 Å². The standard InChI is InChI=1S/C15H19F2N/c1-18-10-15(8-14(9-15)5-2-6-14)12-4-3-11(16)7-13(12)17/h3-4,7,18H,2,5-6,8-10H2,1H3. The first-order chi connectivity index (χ1) is 8.59. The highest BCUT2D eigenvalue weighted by atomic mass is 19.1. The number of nitrogens with one attached hydrogen (secondary N) is 1. The van der Waals surface area contributed by atoms with E-state index in [1.807, 2.05) is 7.05 Å². The molecule has 2 aliphatic rings. The molecule has 1 aromatic carbocycles. The summed E-state index contributed by atoms with van der Waals surface area (Å²) >= 11 is 0. The minimum Gasteiger partial charge on any atom is -0.319 e. The predicted octanol–water partition coefficient (Wildman–Crippen LogP) is 3.39. The Balaban J connectivity index is 1.90. The van der Waals surface area contributed by atoms with Crippen molar-refractivity contribution in [2.45, 2.75) is 37.5 Å². The van der Waals surface area contributed by atoms with Crippen LogP contribution in [0, 0.1) is 17.0 Å². The quantitative estimate of drug-likeness (QED) is 0.868. The molecule has 2 fully saturated rings. The molecular weight excluding hydrogens is 232 g/mol. The molecule has 1 spiro atoms. The molecule has 1 aromatic rings. The summed E-state index contributed by atoms with van der Waals surface area (Å²) in [5, 5.41) is 3.18. The molecule has 0 amide bonds. The SMILES string of the molecule is CNCC1(c2ccc(F)cc2F)CC2(CCC2)C1. The van der Waals surface area contributed by atoms with Crippen molar-refractivity contribution >= 4 is 0 Å². The van der Waals surface area contributed by atoms with Crippen LogP contribution in [0.15, 0.2) is 18.2 Å². The predicted molar refractivity (Wildman–Crippen MR) is 67.5 cm³/mol. The molecular formula is C15H19F2N. The number of rotatable bonds is 3. The maximum atomic E-state index is 14.0. The van der Waals surface area contributed by atoms with Crippen molar-refractivity contribution in [2.75, 3.05) is 13.6 Å². The Kier molecular flexibility index (Phi) is 2.70. The Labute approximate surface area is 107 Å². The first-order valence-corrected chi connectivity index (χ1v) is 6.69. The van der Waals surface area contributed by atoms with Crippen LogP contribution in [0.4, 0.5) is 8.78 Å². The molecule has 1 N–H and O–H groups in total. The molecule has 2 aliphatic carbocycles. The highest BCUT2D eigenvalue weighted by Gasteiger charge is 2.57. The average Bonchev–Trinajstić information content (AvgIpc) is 2.21. The van der Waals surface area contributed by atoms with Crippen LogP contribution >= 0.6 is 0 Å². The number of likely N-dealkylation sites (N-methyl/N-ethyl adjacent to an activating group) is 1. The largest absolute Gasteiger partial charge is 0.319 e. The van der Waals surface area contributed by atoms with Crippen LogP contribution in [0.3, 0.4) is 0 Å². The van der Waals surface area contributed by atoms with Gasteiger partial charge in [-0.1, -0.05) is 12.5 Å². The van der Waals surface area contributed by atoms with Gasteiger partial charge in [-0.15, -0.1) is 0 Å². The van der Waals surface area contributed by atoms with Crippen molar-refractivity contribution in [3.05, 3.63) is 35.4 Å². The minimum absolute atomic E-state index is 0.118. The fourth-order valence-corrected chi connectivity index (χ4v) is 4.08. The molecule has 18 heavy (non-hydrogen) atoms. The molecule has 0 atom stereocenters. The summed E-state index contributed by atoms with van der Waals surface area (Å²) in [6.45, 7) is 0.775. The Morgan fingerprint density at radius 1 is 1.22 bits per heavy atom. The Hall–Kier alpha value is -0.960. The molecule has 0 aromatic heterocycles. The molecule has 0 heterocycles. The van der Waals surface area contributed by atoms with Crippen LogP contribution in [-0.4, -0.2) is 13.6 Å². The van der Waals surface area contributed by atoms with Gasteiger partial charge in [-0.25, -0.2) is 8.78 Å². The normalized spacial score (nSPS) is 23.5. The fraction of sp³-hybridized carbons (Fsp3) is 0.600. The third-order valence-electron chi connectivity index (χ3n) is 4.86. The van der Waals surface area contributed by atoms with Crippen LogP contribution in [0.2, 0.25) is 0 Å². The van der Waals surface area contributed by atoms with Crippen molar-refractivity contribution in [3.8, 4) is 0 Å². The zero-order valence-electron chi connectivity index (χ0n) is 10.7. The first-order valence-electron chi connectivity index (χ1n) is 6.69. The third kappa shape index (κ3) is 1.68. The van der Waals surface area contributed by atoms with Gasteiger partial charge >= 0.3 is 0 Å². The molecule has 1 nitrogen and oxygen atoms in total. The van der Waals surface area contributed by atoms with Gasteiger partial charge in [0.1, 0.15) is 11.6 Å². The van der Waals surface area contributed by atoms with Gasteiger partial charge in [0, 0.05) is 18.0 Å². The van der Waals surface area contributed by atoms with E-state index in [1.54, 1.807) is 6.07 Å². The second-order valence-corrected chi connectivity index (χ2v) is 6.14. The van der Waals surface area contributed by atoms with Gasteiger partial charge in [0.15, 0.2) is 0 Å². The maximum absolute atomic E-state index is 14.0. The van der Waals surface area contributed by atoms with Gasteiger partial charge in [-0.05, 0) is 49.8 Å². The molecule has 0 unspecified atom stereocenters. The van der Waals surface area contributed by atoms with E-state index in [9.17, 15) is 8.78 Å². The number of hydrogen-bond acceptors (Lipinski definition) is 1. The molecule has 3 rings (SSSR count). The summed E-state index contributed by atoms with van der Waals surface area (Å²) in [7, 11) is 1.90. The second-order valence-electron chi connectivity index (χ2n) is 6.14. The molecule has 98 valence electrons. The van der Waals surface area contributed by atoms with E-state index < -0.39 is 5.82 Å². The van der Waals surface area contributed by atoms with E-state index in [0.717, 1.165) is 25.5 Å². The van der Waals surface area contributed by atoms with Crippen LogP contribution in [0.25, 0.3) is 0 Å². The topological polar surface area (TPSA) is 12.0 Å². The maximum Gasteiger partial charge on any atom is 0.129 e. The summed E-state index contributed by atoms with van der Waals surface area (Å²) in [6, 6.07) is 4.02. The Morgan fingerprint density at radius 3 is 2.44 bits per heavy atom. The van der Waals surface area contributed by atoms with Crippen molar-refractivity contribution in [2.24, 2.45) is 5.41 Å². The number of hydrogen-bond donors (Lipinski definition) is 1. The highest BCUT2D eigenvalue weighted by Crippen LogP contribution is 2.64. The summed E-state index contributed by atoms with van der Waals surface area (Å²) in [4.78, 5) is 0. The lowest BCUT2D eigenvalue weighted by atomic mass is 9.43. The van der Waals surface area contributed by atoms with Gasteiger partial charge in [-0.2, -0.15) is 0 Å². The van der Waals surface area contributed by atoms with E-state index in [2.05, 4.69) is 5.32 Å². The number of halogens is 2. The van der Waals surface area contributed by atoms with Gasteiger partial charge in [0.2, 0.25) is 0 Å². The van der Waals surface area contributed by atoms with Crippen molar-refractivity contribution < 1.29 is 8.78 Å². The van der Waals surface area contributed by atoms with E-state index in [0.29, 0.717) is 11.0 Å². The van der Waals surface area contributed by atoms with Gasteiger partial charge in [-0.3, -0.25) is 0 Å². The summed E-state index contributed by atoms with van der Waals surface area (Å²) in [5.74, 6) is -0.882. The zero-order chi connectivity index (χ0) is 12.8. The highest BCUT2D eigenvalue weighted by molar-refractivity contribution is 5.34. The number of benzene rings is 1. The second kappa shape index (κ2) is 4.02. The van der Waals surface area contributed by atoms with E-state index in [-0.39, 0.29) is 11.2 Å². The Morgan fingerprint density at radius 2 is 1.94 bits per heavy atom. The van der Waals surface area contributed by atoms with Gasteiger partial charge in [0.05, 0.1) is 0 Å². The van der Waals surface area contributed by atoms with Crippen molar-refractivity contribution in [1.29, 1.82) is 0 Å². The van der Waals surface area contributed by atoms with Crippen LogP contribution < -0.4 is 5.32 Å². The lowest BCUT2D eigenvalue weighted by Gasteiger charge is -2.61. The molecule has 2 saturated carbocycles. The van der Waals surface area contributed by atoms with Gasteiger partial charge < -0.3 is 5.32 Å². The summed E-state index contributed by atoms with van der Waals surface area (Å²) in [6.07, 6.45) is 5.96. The third-order valence-corrected chi connectivity index (χ3v) is 4.86. The smallest absolute Gasteiger partial charge is 0.129 e. The summed E-state index contributed by atoms with van der Waals surface area (Å²) in [5.41, 5.74) is 1.04. The lowest BCUT2D eigenvalue weighted by molar-refractivity contribution is -0.0490. The zero-order valence-corrected chi connectivity index (χ0v) is 10.7. The molecule has 0 bridgehead atoms. The van der Waals surface area contributed by atoms with Crippen molar-refractivity contribution in [1.82, 2.24) is 5.32 Å². The molecule has 3 heteroatoms. The minimum atomic E-state index is -0.492.